The normalized spacial score (nSPS) is 14.3. The minimum absolute atomic E-state index is 0.174. The standard InChI is InChI=1S/C12H14BrNO4/c1-17-11(15)6-7-14(8-2-3-8)12(16)9-4-5-10(13)18-9/h4-5,8H,2-3,6-7H2,1H3. The highest BCUT2D eigenvalue weighted by Crippen LogP contribution is 2.29. The summed E-state index contributed by atoms with van der Waals surface area (Å²) in [5.74, 6) is -0.195. The Morgan fingerprint density at radius 2 is 2.22 bits per heavy atom. The van der Waals surface area contributed by atoms with Gasteiger partial charge in [-0.1, -0.05) is 0 Å². The highest BCUT2D eigenvalue weighted by Gasteiger charge is 2.34. The SMILES string of the molecule is COC(=O)CCN(C(=O)c1ccc(Br)o1)C1CC1. The molecular weight excluding hydrogens is 302 g/mol. The van der Waals surface area contributed by atoms with Crippen molar-refractivity contribution in [3.05, 3.63) is 22.6 Å². The minimum atomic E-state index is -0.311. The van der Waals surface area contributed by atoms with Crippen LogP contribution in [0.3, 0.4) is 0 Å². The van der Waals surface area contributed by atoms with E-state index in [0.29, 0.717) is 17.0 Å². The van der Waals surface area contributed by atoms with Crippen LogP contribution in [-0.2, 0) is 9.53 Å². The maximum atomic E-state index is 12.2. The van der Waals surface area contributed by atoms with Crippen LogP contribution in [0.15, 0.2) is 21.2 Å². The molecule has 0 bridgehead atoms. The Balaban J connectivity index is 2.01. The molecule has 1 amide bonds. The first-order chi connectivity index (χ1) is 8.61. The molecule has 1 aromatic rings. The molecule has 2 rings (SSSR count). The number of carbonyl (C=O) groups is 2. The number of hydrogen-bond donors (Lipinski definition) is 0. The third-order valence-electron chi connectivity index (χ3n) is 2.82. The van der Waals surface area contributed by atoms with Gasteiger partial charge in [0.1, 0.15) is 0 Å². The molecule has 0 aliphatic heterocycles. The monoisotopic (exact) mass is 315 g/mol. The van der Waals surface area contributed by atoms with E-state index in [-0.39, 0.29) is 24.3 Å². The lowest BCUT2D eigenvalue weighted by Gasteiger charge is -2.20. The molecule has 0 radical (unpaired) electrons. The quantitative estimate of drug-likeness (QED) is 0.782. The van der Waals surface area contributed by atoms with Crippen LogP contribution in [0.1, 0.15) is 29.8 Å². The summed E-state index contributed by atoms with van der Waals surface area (Å²) in [5.41, 5.74) is 0. The van der Waals surface area contributed by atoms with E-state index < -0.39 is 0 Å². The number of furan rings is 1. The van der Waals surface area contributed by atoms with Crippen LogP contribution >= 0.6 is 15.9 Å². The Hall–Kier alpha value is -1.30. The zero-order valence-corrected chi connectivity index (χ0v) is 11.6. The van der Waals surface area contributed by atoms with Gasteiger partial charge in [0.2, 0.25) is 0 Å². The van der Waals surface area contributed by atoms with Crippen molar-refractivity contribution in [2.75, 3.05) is 13.7 Å². The zero-order chi connectivity index (χ0) is 13.1. The van der Waals surface area contributed by atoms with Crippen molar-refractivity contribution in [1.82, 2.24) is 4.90 Å². The van der Waals surface area contributed by atoms with E-state index >= 15 is 0 Å². The second kappa shape index (κ2) is 5.56. The number of rotatable bonds is 5. The highest BCUT2D eigenvalue weighted by atomic mass is 79.9. The van der Waals surface area contributed by atoms with Crippen molar-refractivity contribution in [1.29, 1.82) is 0 Å². The van der Waals surface area contributed by atoms with Crippen LogP contribution < -0.4 is 0 Å². The molecule has 6 heteroatoms. The number of nitrogens with zero attached hydrogens (tertiary/aromatic N) is 1. The maximum absolute atomic E-state index is 12.2. The van der Waals surface area contributed by atoms with Gasteiger partial charge < -0.3 is 14.1 Å². The molecule has 1 aromatic heterocycles. The number of esters is 1. The number of halogens is 1. The van der Waals surface area contributed by atoms with E-state index in [9.17, 15) is 9.59 Å². The van der Waals surface area contributed by atoms with Crippen LogP contribution in [0.4, 0.5) is 0 Å². The molecule has 1 fully saturated rings. The lowest BCUT2D eigenvalue weighted by Crippen LogP contribution is -2.34. The van der Waals surface area contributed by atoms with Gasteiger partial charge in [-0.3, -0.25) is 9.59 Å². The molecule has 1 saturated carbocycles. The molecule has 0 unspecified atom stereocenters. The summed E-state index contributed by atoms with van der Waals surface area (Å²) < 4.78 is 10.4. The smallest absolute Gasteiger partial charge is 0.307 e. The minimum Gasteiger partial charge on any atom is -0.469 e. The molecule has 1 aliphatic carbocycles. The number of carbonyl (C=O) groups excluding carboxylic acids is 2. The van der Waals surface area contributed by atoms with Crippen LogP contribution in [-0.4, -0.2) is 36.5 Å². The predicted molar refractivity (Wildman–Crippen MR) is 67.1 cm³/mol. The average Bonchev–Trinajstić information content (AvgIpc) is 3.10. The summed E-state index contributed by atoms with van der Waals surface area (Å²) >= 11 is 3.16. The van der Waals surface area contributed by atoms with Gasteiger partial charge in [0.25, 0.3) is 5.91 Å². The second-order valence-corrected chi connectivity index (χ2v) is 4.94. The van der Waals surface area contributed by atoms with Gasteiger partial charge in [0.05, 0.1) is 13.5 Å². The third kappa shape index (κ3) is 3.13. The number of hydrogen-bond acceptors (Lipinski definition) is 4. The van der Waals surface area contributed by atoms with E-state index in [1.54, 1.807) is 17.0 Å². The van der Waals surface area contributed by atoms with E-state index in [0.717, 1.165) is 12.8 Å². The molecule has 0 saturated heterocycles. The molecule has 0 aromatic carbocycles. The molecule has 5 nitrogen and oxygen atoms in total. The first-order valence-electron chi connectivity index (χ1n) is 5.75. The Kier molecular flexibility index (Phi) is 4.06. The molecule has 98 valence electrons. The lowest BCUT2D eigenvalue weighted by molar-refractivity contribution is -0.140. The topological polar surface area (TPSA) is 59.8 Å². The average molecular weight is 316 g/mol. The number of amides is 1. The van der Waals surface area contributed by atoms with E-state index in [1.165, 1.54) is 7.11 Å². The Labute approximate surface area is 113 Å². The van der Waals surface area contributed by atoms with Crippen molar-refractivity contribution in [2.24, 2.45) is 0 Å². The Bertz CT molecular complexity index is 453. The summed E-state index contributed by atoms with van der Waals surface area (Å²) in [6.45, 7) is 0.370. The van der Waals surface area contributed by atoms with Gasteiger partial charge in [-0.2, -0.15) is 0 Å². The first kappa shape index (κ1) is 13.1. The van der Waals surface area contributed by atoms with Crippen LogP contribution in [0.5, 0.6) is 0 Å². The van der Waals surface area contributed by atoms with Crippen molar-refractivity contribution in [3.8, 4) is 0 Å². The fourth-order valence-electron chi connectivity index (χ4n) is 1.72. The molecule has 1 heterocycles. The van der Waals surface area contributed by atoms with E-state index in [1.807, 2.05) is 0 Å². The zero-order valence-electron chi connectivity index (χ0n) is 10.0. The molecule has 18 heavy (non-hydrogen) atoms. The highest BCUT2D eigenvalue weighted by molar-refractivity contribution is 9.10. The van der Waals surface area contributed by atoms with Gasteiger partial charge in [0, 0.05) is 12.6 Å². The van der Waals surface area contributed by atoms with Gasteiger partial charge in [-0.15, -0.1) is 0 Å². The lowest BCUT2D eigenvalue weighted by atomic mass is 10.3. The summed E-state index contributed by atoms with van der Waals surface area (Å²) in [4.78, 5) is 25.0. The number of ether oxygens (including phenoxy) is 1. The third-order valence-corrected chi connectivity index (χ3v) is 3.24. The maximum Gasteiger partial charge on any atom is 0.307 e. The Morgan fingerprint density at radius 3 is 2.72 bits per heavy atom. The molecule has 0 spiro atoms. The first-order valence-corrected chi connectivity index (χ1v) is 6.54. The number of methoxy groups -OCH3 is 1. The van der Waals surface area contributed by atoms with Crippen LogP contribution in [0.2, 0.25) is 0 Å². The van der Waals surface area contributed by atoms with Crippen LogP contribution in [0.25, 0.3) is 0 Å². The summed E-state index contributed by atoms with van der Waals surface area (Å²) in [5, 5.41) is 0. The van der Waals surface area contributed by atoms with Gasteiger partial charge in [-0.05, 0) is 40.9 Å². The van der Waals surface area contributed by atoms with Gasteiger partial charge >= 0.3 is 5.97 Å². The summed E-state index contributed by atoms with van der Waals surface area (Å²) in [7, 11) is 1.34. The van der Waals surface area contributed by atoms with Gasteiger partial charge in [0.15, 0.2) is 10.4 Å². The molecular formula is C12H14BrNO4. The molecule has 0 N–H and O–H groups in total. The summed E-state index contributed by atoms with van der Waals surface area (Å²) in [6, 6.07) is 3.53. The fourth-order valence-corrected chi connectivity index (χ4v) is 2.03. The van der Waals surface area contributed by atoms with Crippen LogP contribution in [0, 0.1) is 0 Å². The van der Waals surface area contributed by atoms with E-state index in [2.05, 4.69) is 20.7 Å². The summed E-state index contributed by atoms with van der Waals surface area (Å²) in [6.07, 6.45) is 2.17. The van der Waals surface area contributed by atoms with E-state index in [4.69, 9.17) is 4.42 Å². The van der Waals surface area contributed by atoms with Crippen molar-refractivity contribution in [2.45, 2.75) is 25.3 Å². The molecule has 0 atom stereocenters. The fraction of sp³-hybridized carbons (Fsp3) is 0.500. The van der Waals surface area contributed by atoms with Gasteiger partial charge in [-0.25, -0.2) is 0 Å². The largest absolute Gasteiger partial charge is 0.469 e. The van der Waals surface area contributed by atoms with Crippen molar-refractivity contribution in [3.63, 3.8) is 0 Å². The Morgan fingerprint density at radius 1 is 1.50 bits per heavy atom. The second-order valence-electron chi connectivity index (χ2n) is 4.16. The van der Waals surface area contributed by atoms with Crippen molar-refractivity contribution >= 4 is 27.8 Å². The molecule has 1 aliphatic rings. The van der Waals surface area contributed by atoms with Crippen molar-refractivity contribution < 1.29 is 18.7 Å². The predicted octanol–water partition coefficient (Wildman–Crippen LogP) is 2.21.